The molecule has 0 unspecified atom stereocenters. The maximum Gasteiger partial charge on any atom is 0.308 e. The number of guanidine groups is 1. The molecule has 0 bridgehead atoms. The van der Waals surface area contributed by atoms with Gasteiger partial charge in [0.1, 0.15) is 5.76 Å². The first-order valence-electron chi connectivity index (χ1n) is 8.73. The van der Waals surface area contributed by atoms with Gasteiger partial charge in [-0.3, -0.25) is 9.79 Å². The van der Waals surface area contributed by atoms with Crippen LogP contribution in [0.25, 0.3) is 0 Å². The van der Waals surface area contributed by atoms with Crippen LogP contribution in [-0.4, -0.2) is 50.1 Å². The third-order valence-electron chi connectivity index (χ3n) is 4.17. The van der Waals surface area contributed by atoms with Crippen LogP contribution in [0, 0.1) is 11.8 Å². The Balaban J connectivity index is 1.88. The van der Waals surface area contributed by atoms with Crippen LogP contribution in [-0.2, 0) is 16.0 Å². The number of likely N-dealkylation sites (tertiary alicyclic amines) is 1. The number of carbonyl (C=O) groups is 1. The molecule has 0 atom stereocenters. The molecule has 1 saturated heterocycles. The summed E-state index contributed by atoms with van der Waals surface area (Å²) in [4.78, 5) is 18.6. The van der Waals surface area contributed by atoms with Gasteiger partial charge >= 0.3 is 5.97 Å². The van der Waals surface area contributed by atoms with Gasteiger partial charge in [-0.1, -0.05) is 13.8 Å². The molecule has 0 spiro atoms. The lowest BCUT2D eigenvalue weighted by molar-refractivity contribution is -0.146. The number of hydrogen-bond acceptors (Lipinski definition) is 4. The van der Waals surface area contributed by atoms with Crippen LogP contribution >= 0.6 is 0 Å². The zero-order valence-electron chi connectivity index (χ0n) is 15.0. The van der Waals surface area contributed by atoms with Crippen molar-refractivity contribution < 1.29 is 13.9 Å². The molecule has 1 aromatic rings. The molecule has 1 aliphatic heterocycles. The summed E-state index contributed by atoms with van der Waals surface area (Å²) in [5.41, 5.74) is 0. The number of esters is 1. The van der Waals surface area contributed by atoms with Crippen molar-refractivity contribution in [1.29, 1.82) is 0 Å². The van der Waals surface area contributed by atoms with E-state index in [1.165, 1.54) is 7.11 Å². The smallest absolute Gasteiger partial charge is 0.308 e. The number of aliphatic imine (C=N–C) groups is 1. The highest BCUT2D eigenvalue weighted by Gasteiger charge is 2.27. The molecule has 0 amide bonds. The van der Waals surface area contributed by atoms with E-state index in [-0.39, 0.29) is 11.9 Å². The van der Waals surface area contributed by atoms with Crippen LogP contribution in [0.2, 0.25) is 0 Å². The van der Waals surface area contributed by atoms with Crippen molar-refractivity contribution in [3.8, 4) is 0 Å². The van der Waals surface area contributed by atoms with E-state index < -0.39 is 0 Å². The van der Waals surface area contributed by atoms with Gasteiger partial charge in [0.15, 0.2) is 5.96 Å². The van der Waals surface area contributed by atoms with Gasteiger partial charge in [-0.15, -0.1) is 0 Å². The fourth-order valence-corrected chi connectivity index (χ4v) is 2.78. The third-order valence-corrected chi connectivity index (χ3v) is 4.17. The highest BCUT2D eigenvalue weighted by molar-refractivity contribution is 5.80. The molecule has 1 N–H and O–H groups in total. The molecule has 1 fully saturated rings. The van der Waals surface area contributed by atoms with E-state index in [0.717, 1.165) is 57.2 Å². The first-order chi connectivity index (χ1) is 11.6. The number of ether oxygens (including phenoxy) is 1. The topological polar surface area (TPSA) is 67.1 Å². The van der Waals surface area contributed by atoms with Crippen molar-refractivity contribution in [3.05, 3.63) is 24.2 Å². The van der Waals surface area contributed by atoms with E-state index in [2.05, 4.69) is 24.1 Å². The number of rotatable bonds is 6. The van der Waals surface area contributed by atoms with E-state index in [9.17, 15) is 4.79 Å². The number of hydrogen-bond donors (Lipinski definition) is 1. The Morgan fingerprint density at radius 2 is 2.21 bits per heavy atom. The Morgan fingerprint density at radius 1 is 1.46 bits per heavy atom. The molecule has 6 heteroatoms. The van der Waals surface area contributed by atoms with Crippen LogP contribution in [0.4, 0.5) is 0 Å². The Kier molecular flexibility index (Phi) is 7.15. The van der Waals surface area contributed by atoms with Crippen molar-refractivity contribution in [2.75, 3.05) is 33.3 Å². The average Bonchev–Trinajstić information content (AvgIpc) is 3.10. The maximum absolute atomic E-state index is 11.7. The average molecular weight is 335 g/mol. The predicted molar refractivity (Wildman–Crippen MR) is 93.9 cm³/mol. The van der Waals surface area contributed by atoms with Crippen LogP contribution in [0.5, 0.6) is 0 Å². The van der Waals surface area contributed by atoms with Gasteiger partial charge in [0, 0.05) is 32.6 Å². The van der Waals surface area contributed by atoms with Crippen LogP contribution in [0.1, 0.15) is 32.4 Å². The summed E-state index contributed by atoms with van der Waals surface area (Å²) >= 11 is 0. The summed E-state index contributed by atoms with van der Waals surface area (Å²) in [5.74, 6) is 2.33. The molecule has 2 heterocycles. The Morgan fingerprint density at radius 3 is 2.79 bits per heavy atom. The predicted octanol–water partition coefficient (Wildman–Crippen LogP) is 2.31. The lowest BCUT2D eigenvalue weighted by atomic mass is 9.97. The molecular formula is C18H29N3O3. The molecule has 134 valence electrons. The molecule has 2 rings (SSSR count). The van der Waals surface area contributed by atoms with Crippen LogP contribution in [0.15, 0.2) is 27.8 Å². The fourth-order valence-electron chi connectivity index (χ4n) is 2.78. The van der Waals surface area contributed by atoms with Gasteiger partial charge in [0.05, 0.1) is 19.3 Å². The quantitative estimate of drug-likeness (QED) is 0.491. The van der Waals surface area contributed by atoms with E-state index in [1.807, 2.05) is 12.1 Å². The van der Waals surface area contributed by atoms with Crippen molar-refractivity contribution in [2.24, 2.45) is 16.8 Å². The van der Waals surface area contributed by atoms with Crippen molar-refractivity contribution in [3.63, 3.8) is 0 Å². The second-order valence-corrected chi connectivity index (χ2v) is 6.60. The van der Waals surface area contributed by atoms with Crippen molar-refractivity contribution >= 4 is 11.9 Å². The summed E-state index contributed by atoms with van der Waals surface area (Å²) in [7, 11) is 1.46. The van der Waals surface area contributed by atoms with E-state index >= 15 is 0 Å². The second kappa shape index (κ2) is 9.35. The van der Waals surface area contributed by atoms with Gasteiger partial charge in [-0.05, 0) is 30.9 Å². The first-order valence-corrected chi connectivity index (χ1v) is 8.73. The number of nitrogens with one attached hydrogen (secondary N) is 1. The molecule has 0 aliphatic carbocycles. The summed E-state index contributed by atoms with van der Waals surface area (Å²) in [5, 5.41) is 3.44. The van der Waals surface area contributed by atoms with Crippen molar-refractivity contribution in [1.82, 2.24) is 10.2 Å². The van der Waals surface area contributed by atoms with Gasteiger partial charge in [0.25, 0.3) is 0 Å². The Bertz CT molecular complexity index is 518. The number of carbonyl (C=O) groups excluding carboxylic acids is 1. The largest absolute Gasteiger partial charge is 0.469 e. The van der Waals surface area contributed by atoms with Gasteiger partial charge < -0.3 is 19.4 Å². The van der Waals surface area contributed by atoms with Gasteiger partial charge in [0.2, 0.25) is 0 Å². The maximum atomic E-state index is 11.7. The number of nitrogens with zero attached hydrogens (tertiary/aromatic N) is 2. The van der Waals surface area contributed by atoms with E-state index in [4.69, 9.17) is 14.1 Å². The Hall–Kier alpha value is -1.98. The molecular weight excluding hydrogens is 306 g/mol. The fraction of sp³-hybridized carbons (Fsp3) is 0.667. The minimum atomic E-state index is -0.0962. The molecule has 0 saturated carbocycles. The summed E-state index contributed by atoms with van der Waals surface area (Å²) < 4.78 is 10.2. The van der Waals surface area contributed by atoms with Crippen molar-refractivity contribution in [2.45, 2.75) is 33.1 Å². The summed E-state index contributed by atoms with van der Waals surface area (Å²) in [6.07, 6.45) is 4.15. The van der Waals surface area contributed by atoms with Crippen LogP contribution < -0.4 is 5.32 Å². The first kappa shape index (κ1) is 18.4. The van der Waals surface area contributed by atoms with Crippen LogP contribution in [0.3, 0.4) is 0 Å². The molecule has 6 nitrogen and oxygen atoms in total. The normalized spacial score (nSPS) is 16.5. The number of furan rings is 1. The monoisotopic (exact) mass is 335 g/mol. The minimum Gasteiger partial charge on any atom is -0.469 e. The SMILES string of the molecule is COC(=O)C1CCN(C(=NCC(C)C)NCCc2ccco2)CC1. The van der Waals surface area contributed by atoms with Gasteiger partial charge in [-0.25, -0.2) is 0 Å². The number of methoxy groups -OCH3 is 1. The van der Waals surface area contributed by atoms with Gasteiger partial charge in [-0.2, -0.15) is 0 Å². The summed E-state index contributed by atoms with van der Waals surface area (Å²) in [6.45, 7) is 7.54. The standard InChI is InChI=1S/C18H29N3O3/c1-14(2)13-20-18(19-9-6-16-5-4-12-24-16)21-10-7-15(8-11-21)17(22)23-3/h4-5,12,14-15H,6-11,13H2,1-3H3,(H,19,20). The highest BCUT2D eigenvalue weighted by atomic mass is 16.5. The lowest BCUT2D eigenvalue weighted by Gasteiger charge is -2.33. The summed E-state index contributed by atoms with van der Waals surface area (Å²) in [6, 6.07) is 3.88. The Labute approximate surface area is 144 Å². The zero-order chi connectivity index (χ0) is 17.4. The molecule has 1 aliphatic rings. The van der Waals surface area contributed by atoms with E-state index in [0.29, 0.717) is 5.92 Å². The molecule has 0 radical (unpaired) electrons. The second-order valence-electron chi connectivity index (χ2n) is 6.60. The highest BCUT2D eigenvalue weighted by Crippen LogP contribution is 2.18. The third kappa shape index (κ3) is 5.58. The number of piperidine rings is 1. The zero-order valence-corrected chi connectivity index (χ0v) is 15.0. The lowest BCUT2D eigenvalue weighted by Crippen LogP contribution is -2.47. The van der Waals surface area contributed by atoms with E-state index in [1.54, 1.807) is 6.26 Å². The molecule has 1 aromatic heterocycles. The molecule has 24 heavy (non-hydrogen) atoms. The minimum absolute atomic E-state index is 0.0146. The molecule has 0 aromatic carbocycles.